The summed E-state index contributed by atoms with van der Waals surface area (Å²) in [6, 6.07) is 12.2. The molecule has 0 atom stereocenters. The van der Waals surface area contributed by atoms with Crippen LogP contribution in [0.15, 0.2) is 68.9 Å². The highest BCUT2D eigenvalue weighted by Crippen LogP contribution is 2.21. The summed E-state index contributed by atoms with van der Waals surface area (Å²) >= 11 is 3.32. The van der Waals surface area contributed by atoms with E-state index in [0.717, 1.165) is 10.8 Å². The first-order valence-electron chi connectivity index (χ1n) is 7.34. The van der Waals surface area contributed by atoms with Crippen LogP contribution in [-0.4, -0.2) is 20.4 Å². The van der Waals surface area contributed by atoms with E-state index in [2.05, 4.69) is 31.2 Å². The van der Waals surface area contributed by atoms with E-state index in [-0.39, 0.29) is 12.1 Å². The highest BCUT2D eigenvalue weighted by atomic mass is 79.9. The fourth-order valence-electron chi connectivity index (χ4n) is 2.22. The molecule has 0 radical (unpaired) electrons. The number of nitrogens with one attached hydrogen (secondary N) is 2. The molecule has 0 bridgehead atoms. The molecule has 3 aromatic rings. The number of hydrogen-bond acceptors (Lipinski definition) is 4. The van der Waals surface area contributed by atoms with Crippen molar-refractivity contribution in [3.05, 3.63) is 91.4 Å². The molecule has 0 aliphatic carbocycles. The molecule has 0 spiro atoms. The van der Waals surface area contributed by atoms with Crippen molar-refractivity contribution in [2.75, 3.05) is 5.32 Å². The number of aromatic amines is 1. The third-order valence-corrected chi connectivity index (χ3v) is 4.17. The van der Waals surface area contributed by atoms with Crippen LogP contribution in [0, 0.1) is 0 Å². The van der Waals surface area contributed by atoms with E-state index >= 15 is 0 Å². The predicted octanol–water partition coefficient (Wildman–Crippen LogP) is 1.99. The highest BCUT2D eigenvalue weighted by molar-refractivity contribution is 9.10. The zero-order valence-corrected chi connectivity index (χ0v) is 14.5. The van der Waals surface area contributed by atoms with Crippen LogP contribution in [0.3, 0.4) is 0 Å². The summed E-state index contributed by atoms with van der Waals surface area (Å²) in [6.07, 6.45) is 2.68. The van der Waals surface area contributed by atoms with Crippen molar-refractivity contribution in [1.29, 1.82) is 0 Å². The minimum atomic E-state index is -0.682. The van der Waals surface area contributed by atoms with Crippen LogP contribution in [0.25, 0.3) is 0 Å². The van der Waals surface area contributed by atoms with E-state index < -0.39 is 17.2 Å². The summed E-state index contributed by atoms with van der Waals surface area (Å²) < 4.78 is 1.62. The molecular formula is C17H13BrN4O3. The Morgan fingerprint density at radius 3 is 2.64 bits per heavy atom. The maximum atomic E-state index is 12.6. The van der Waals surface area contributed by atoms with Crippen LogP contribution in [0.5, 0.6) is 0 Å². The van der Waals surface area contributed by atoms with Gasteiger partial charge in [0, 0.05) is 16.9 Å². The van der Waals surface area contributed by atoms with E-state index in [1.54, 1.807) is 48.7 Å². The van der Waals surface area contributed by atoms with Crippen LogP contribution in [0.1, 0.15) is 16.1 Å². The number of carbonyl (C=O) groups is 1. The molecule has 0 unspecified atom stereocenters. The summed E-state index contributed by atoms with van der Waals surface area (Å²) in [6.45, 7) is -0.0227. The molecule has 1 amide bonds. The van der Waals surface area contributed by atoms with Gasteiger partial charge in [0.2, 0.25) is 0 Å². The molecule has 8 heteroatoms. The number of nitrogens with zero attached hydrogens (tertiary/aromatic N) is 2. The summed E-state index contributed by atoms with van der Waals surface area (Å²) in [4.78, 5) is 43.5. The quantitative estimate of drug-likeness (QED) is 0.699. The third-order valence-electron chi connectivity index (χ3n) is 3.47. The molecule has 0 aliphatic rings. The molecular weight excluding hydrogens is 388 g/mol. The molecule has 7 nitrogen and oxygen atoms in total. The lowest BCUT2D eigenvalue weighted by Gasteiger charge is -2.09. The van der Waals surface area contributed by atoms with Crippen molar-refractivity contribution in [2.24, 2.45) is 0 Å². The number of hydrogen-bond donors (Lipinski definition) is 2. The van der Waals surface area contributed by atoms with Gasteiger partial charge in [0.15, 0.2) is 0 Å². The van der Waals surface area contributed by atoms with Crippen molar-refractivity contribution in [1.82, 2.24) is 14.5 Å². The second-order valence-electron chi connectivity index (χ2n) is 5.15. The molecule has 25 heavy (non-hydrogen) atoms. The van der Waals surface area contributed by atoms with Crippen molar-refractivity contribution in [2.45, 2.75) is 6.54 Å². The number of pyridine rings is 1. The maximum absolute atomic E-state index is 12.6. The van der Waals surface area contributed by atoms with Gasteiger partial charge in [-0.15, -0.1) is 0 Å². The zero-order valence-electron chi connectivity index (χ0n) is 12.9. The second kappa shape index (κ2) is 7.27. The van der Waals surface area contributed by atoms with Crippen molar-refractivity contribution < 1.29 is 4.79 Å². The highest BCUT2D eigenvalue weighted by Gasteiger charge is 2.16. The van der Waals surface area contributed by atoms with Crippen molar-refractivity contribution in [3.8, 4) is 0 Å². The topological polar surface area (TPSA) is 96.8 Å². The van der Waals surface area contributed by atoms with Gasteiger partial charge in [-0.1, -0.05) is 18.2 Å². The normalized spacial score (nSPS) is 10.4. The van der Waals surface area contributed by atoms with Gasteiger partial charge < -0.3 is 10.3 Å². The molecule has 3 rings (SSSR count). The number of carbonyl (C=O) groups excluding carboxylic acids is 1. The number of H-pyrrole nitrogens is 1. The molecule has 126 valence electrons. The minimum Gasteiger partial charge on any atom is -0.321 e. The Morgan fingerprint density at radius 2 is 1.92 bits per heavy atom. The standard InChI is InChI=1S/C17H13BrN4O3/c18-13-6-1-2-7-14(13)21-15(23)12-9-20-17(25)22(16(12)24)10-11-5-3-4-8-19-11/h1-9H,10H2,(H,20,25)(H,21,23). The van der Waals surface area contributed by atoms with E-state index in [1.807, 2.05) is 0 Å². The van der Waals surface area contributed by atoms with E-state index in [0.29, 0.717) is 15.9 Å². The Labute approximate surface area is 150 Å². The van der Waals surface area contributed by atoms with Crippen molar-refractivity contribution >= 4 is 27.5 Å². The average Bonchev–Trinajstić information content (AvgIpc) is 2.61. The van der Waals surface area contributed by atoms with E-state index in [9.17, 15) is 14.4 Å². The molecule has 0 saturated carbocycles. The summed E-state index contributed by atoms with van der Waals surface area (Å²) in [7, 11) is 0. The Balaban J connectivity index is 1.94. The zero-order chi connectivity index (χ0) is 17.8. The van der Waals surface area contributed by atoms with Crippen LogP contribution in [0.4, 0.5) is 5.69 Å². The van der Waals surface area contributed by atoms with Crippen LogP contribution < -0.4 is 16.6 Å². The van der Waals surface area contributed by atoms with E-state index in [1.165, 1.54) is 0 Å². The molecule has 1 aromatic carbocycles. The molecule has 2 aromatic heterocycles. The Bertz CT molecular complexity index is 1030. The predicted molar refractivity (Wildman–Crippen MR) is 96.8 cm³/mol. The number of aromatic nitrogens is 3. The number of anilines is 1. The molecule has 0 fully saturated rings. The summed E-state index contributed by atoms with van der Waals surface area (Å²) in [5.74, 6) is -0.608. The largest absolute Gasteiger partial charge is 0.328 e. The molecule has 0 aliphatic heterocycles. The number of rotatable bonds is 4. The summed E-state index contributed by atoms with van der Waals surface area (Å²) in [5, 5.41) is 2.64. The van der Waals surface area contributed by atoms with Gasteiger partial charge in [-0.25, -0.2) is 4.79 Å². The Kier molecular flexibility index (Phi) is 4.90. The van der Waals surface area contributed by atoms with Gasteiger partial charge in [0.1, 0.15) is 5.56 Å². The third kappa shape index (κ3) is 3.74. The van der Waals surface area contributed by atoms with Gasteiger partial charge in [0.05, 0.1) is 17.9 Å². The Hall–Kier alpha value is -3.00. The fourth-order valence-corrected chi connectivity index (χ4v) is 2.61. The first-order chi connectivity index (χ1) is 12.1. The number of benzene rings is 1. The first-order valence-corrected chi connectivity index (χ1v) is 8.14. The van der Waals surface area contributed by atoms with Crippen LogP contribution in [0.2, 0.25) is 0 Å². The van der Waals surface area contributed by atoms with Gasteiger partial charge >= 0.3 is 5.69 Å². The lowest BCUT2D eigenvalue weighted by atomic mass is 10.2. The van der Waals surface area contributed by atoms with Crippen molar-refractivity contribution in [3.63, 3.8) is 0 Å². The maximum Gasteiger partial charge on any atom is 0.328 e. The van der Waals surface area contributed by atoms with Gasteiger partial charge in [-0.05, 0) is 40.2 Å². The van der Waals surface area contributed by atoms with Gasteiger partial charge in [-0.3, -0.25) is 19.1 Å². The monoisotopic (exact) mass is 400 g/mol. The molecule has 2 heterocycles. The number of halogens is 1. The molecule has 2 N–H and O–H groups in total. The second-order valence-corrected chi connectivity index (χ2v) is 6.01. The minimum absolute atomic E-state index is 0.0227. The fraction of sp³-hybridized carbons (Fsp3) is 0.0588. The van der Waals surface area contributed by atoms with Crippen LogP contribution >= 0.6 is 15.9 Å². The smallest absolute Gasteiger partial charge is 0.321 e. The van der Waals surface area contributed by atoms with E-state index in [4.69, 9.17) is 0 Å². The van der Waals surface area contributed by atoms with Gasteiger partial charge in [-0.2, -0.15) is 0 Å². The average molecular weight is 401 g/mol. The molecule has 0 saturated heterocycles. The lowest BCUT2D eigenvalue weighted by Crippen LogP contribution is -2.39. The number of amides is 1. The summed E-state index contributed by atoms with van der Waals surface area (Å²) in [5.41, 5.74) is -0.383. The lowest BCUT2D eigenvalue weighted by molar-refractivity contribution is 0.102. The first kappa shape index (κ1) is 16.8. The van der Waals surface area contributed by atoms with Crippen LogP contribution in [-0.2, 0) is 6.54 Å². The van der Waals surface area contributed by atoms with Gasteiger partial charge in [0.25, 0.3) is 11.5 Å². The SMILES string of the molecule is O=C(Nc1ccccc1Br)c1c[nH]c(=O)n(Cc2ccccn2)c1=O. The Morgan fingerprint density at radius 1 is 1.16 bits per heavy atom. The number of para-hydroxylation sites is 1.